The number of hydrogen-bond donors (Lipinski definition) is 0. The van der Waals surface area contributed by atoms with Crippen LogP contribution in [0.2, 0.25) is 0 Å². The number of ether oxygens (including phenoxy) is 2. The van der Waals surface area contributed by atoms with Gasteiger partial charge in [0.25, 0.3) is 0 Å². The van der Waals surface area contributed by atoms with Crippen molar-refractivity contribution < 1.29 is 9.47 Å². The van der Waals surface area contributed by atoms with Crippen molar-refractivity contribution in [2.45, 2.75) is 38.3 Å². The van der Waals surface area contributed by atoms with E-state index in [0.29, 0.717) is 12.6 Å². The molecule has 1 atom stereocenters. The Balaban J connectivity index is 1.39. The first-order valence-electron chi connectivity index (χ1n) is 9.05. The third-order valence-corrected chi connectivity index (χ3v) is 5.08. The molecule has 0 saturated carbocycles. The summed E-state index contributed by atoms with van der Waals surface area (Å²) < 4.78 is 12.0. The summed E-state index contributed by atoms with van der Waals surface area (Å²) in [6.07, 6.45) is 5.13. The van der Waals surface area contributed by atoms with E-state index in [1.807, 2.05) is 24.3 Å². The quantitative estimate of drug-likeness (QED) is 0.847. The summed E-state index contributed by atoms with van der Waals surface area (Å²) >= 11 is 0. The predicted octanol–water partition coefficient (Wildman–Crippen LogP) is 4.06. The van der Waals surface area contributed by atoms with Crippen LogP contribution < -0.4 is 9.47 Å². The zero-order chi connectivity index (χ0) is 16.2. The van der Waals surface area contributed by atoms with Crippen molar-refractivity contribution >= 4 is 0 Å². The minimum Gasteiger partial charge on any atom is -0.492 e. The van der Waals surface area contributed by atoms with Gasteiger partial charge >= 0.3 is 0 Å². The predicted molar refractivity (Wildman–Crippen MR) is 95.6 cm³/mol. The van der Waals surface area contributed by atoms with Crippen molar-refractivity contribution in [3.05, 3.63) is 59.7 Å². The van der Waals surface area contributed by atoms with E-state index in [1.54, 1.807) is 0 Å². The second kappa shape index (κ2) is 7.27. The Hall–Kier alpha value is -2.00. The highest BCUT2D eigenvalue weighted by atomic mass is 16.5. The van der Waals surface area contributed by atoms with Crippen LogP contribution in [-0.4, -0.2) is 30.6 Å². The van der Waals surface area contributed by atoms with Crippen LogP contribution in [0.4, 0.5) is 0 Å². The molecule has 0 amide bonds. The minimum absolute atomic E-state index is 0.536. The smallest absolute Gasteiger partial charge is 0.126 e. The summed E-state index contributed by atoms with van der Waals surface area (Å²) in [6, 6.07) is 17.1. The van der Waals surface area contributed by atoms with Gasteiger partial charge in [-0.25, -0.2) is 0 Å². The molecule has 0 spiro atoms. The van der Waals surface area contributed by atoms with Gasteiger partial charge in [-0.2, -0.15) is 0 Å². The highest BCUT2D eigenvalue weighted by Gasteiger charge is 2.26. The molecule has 0 bridgehead atoms. The number of likely N-dealkylation sites (tertiary alicyclic amines) is 1. The summed E-state index contributed by atoms with van der Waals surface area (Å²) in [5, 5.41) is 0. The maximum absolute atomic E-state index is 6.06. The molecule has 2 aromatic rings. The topological polar surface area (TPSA) is 21.7 Å². The molecule has 2 aliphatic rings. The van der Waals surface area contributed by atoms with Gasteiger partial charge in [-0.05, 0) is 49.5 Å². The van der Waals surface area contributed by atoms with Crippen LogP contribution in [0.15, 0.2) is 48.5 Å². The fraction of sp³-hybridized carbons (Fsp3) is 0.429. The molecule has 4 rings (SSSR count). The van der Waals surface area contributed by atoms with Gasteiger partial charge in [0.2, 0.25) is 0 Å². The van der Waals surface area contributed by atoms with Crippen LogP contribution in [0.3, 0.4) is 0 Å². The van der Waals surface area contributed by atoms with Gasteiger partial charge in [0.1, 0.15) is 24.7 Å². The molecule has 0 N–H and O–H groups in total. The molecule has 0 aromatic heterocycles. The molecule has 2 aromatic carbocycles. The summed E-state index contributed by atoms with van der Waals surface area (Å²) in [6.45, 7) is 3.84. The zero-order valence-electron chi connectivity index (χ0n) is 14.1. The molecule has 3 nitrogen and oxygen atoms in total. The third-order valence-electron chi connectivity index (χ3n) is 5.08. The van der Waals surface area contributed by atoms with Gasteiger partial charge in [-0.3, -0.25) is 4.90 Å². The Kier molecular flexibility index (Phi) is 4.70. The van der Waals surface area contributed by atoms with Crippen LogP contribution in [0.1, 0.15) is 30.4 Å². The fourth-order valence-corrected chi connectivity index (χ4v) is 3.69. The van der Waals surface area contributed by atoms with Crippen molar-refractivity contribution in [1.82, 2.24) is 4.90 Å². The summed E-state index contributed by atoms with van der Waals surface area (Å²) in [7, 11) is 0. The lowest BCUT2D eigenvalue weighted by Gasteiger charge is -2.37. The van der Waals surface area contributed by atoms with Crippen LogP contribution in [0, 0.1) is 0 Å². The molecule has 1 unspecified atom stereocenters. The lowest BCUT2D eigenvalue weighted by molar-refractivity contribution is 0.101. The molecule has 3 heteroatoms. The molecule has 24 heavy (non-hydrogen) atoms. The highest BCUT2D eigenvalue weighted by molar-refractivity contribution is 5.42. The fourth-order valence-electron chi connectivity index (χ4n) is 3.69. The van der Waals surface area contributed by atoms with Gasteiger partial charge in [0, 0.05) is 12.1 Å². The van der Waals surface area contributed by atoms with Crippen molar-refractivity contribution in [2.75, 3.05) is 19.7 Å². The zero-order valence-corrected chi connectivity index (χ0v) is 14.1. The lowest BCUT2D eigenvalue weighted by Crippen LogP contribution is -2.45. The molecular formula is C21H25NO2. The molecule has 2 heterocycles. The van der Waals surface area contributed by atoms with Crippen molar-refractivity contribution in [2.24, 2.45) is 0 Å². The molecular weight excluding hydrogens is 298 g/mol. The van der Waals surface area contributed by atoms with Crippen LogP contribution >= 0.6 is 0 Å². The number of rotatable bonds is 4. The number of piperidine rings is 1. The van der Waals surface area contributed by atoms with E-state index in [9.17, 15) is 0 Å². The van der Waals surface area contributed by atoms with Gasteiger partial charge in [0.05, 0.1) is 0 Å². The third kappa shape index (κ3) is 3.57. The van der Waals surface area contributed by atoms with Crippen molar-refractivity contribution in [3.63, 3.8) is 0 Å². The van der Waals surface area contributed by atoms with Crippen LogP contribution in [-0.2, 0) is 13.0 Å². The average Bonchev–Trinajstić information content (AvgIpc) is 2.67. The summed E-state index contributed by atoms with van der Waals surface area (Å²) in [5.41, 5.74) is 2.49. The van der Waals surface area contributed by atoms with E-state index in [-0.39, 0.29) is 0 Å². The second-order valence-corrected chi connectivity index (χ2v) is 6.81. The molecule has 0 aliphatic carbocycles. The molecule has 1 saturated heterocycles. The first-order valence-corrected chi connectivity index (χ1v) is 9.05. The normalized spacial score (nSPS) is 20.9. The van der Waals surface area contributed by atoms with E-state index < -0.39 is 0 Å². The Morgan fingerprint density at radius 1 is 1.00 bits per heavy atom. The van der Waals surface area contributed by atoms with Gasteiger partial charge in [-0.1, -0.05) is 42.8 Å². The standard InChI is InChI=1S/C21H25NO2/c1-3-7-17(8-4-1)15-23-20-10-9-18-13-19(16-24-21(18)14-20)22-11-5-2-6-12-22/h1,3-4,7-10,14,19H,2,5-6,11-13,15-16H2. The first kappa shape index (κ1) is 15.5. The second-order valence-electron chi connectivity index (χ2n) is 6.81. The van der Waals surface area contributed by atoms with E-state index >= 15 is 0 Å². The van der Waals surface area contributed by atoms with Crippen molar-refractivity contribution in [1.29, 1.82) is 0 Å². The average molecular weight is 323 g/mol. The number of fused-ring (bicyclic) bond motifs is 1. The Morgan fingerprint density at radius 3 is 2.67 bits per heavy atom. The monoisotopic (exact) mass is 323 g/mol. The SMILES string of the molecule is c1ccc(COc2ccc3c(c2)OCC(N2CCCCC2)C3)cc1. The molecule has 126 valence electrons. The maximum Gasteiger partial charge on any atom is 0.126 e. The van der Waals surface area contributed by atoms with E-state index in [4.69, 9.17) is 9.47 Å². The Morgan fingerprint density at radius 2 is 1.83 bits per heavy atom. The molecule has 0 radical (unpaired) electrons. The highest BCUT2D eigenvalue weighted by Crippen LogP contribution is 2.31. The molecule has 2 aliphatic heterocycles. The number of benzene rings is 2. The Labute approximate surface area is 144 Å². The van der Waals surface area contributed by atoms with E-state index in [0.717, 1.165) is 24.5 Å². The summed E-state index contributed by atoms with van der Waals surface area (Å²) in [5.74, 6) is 1.88. The first-order chi connectivity index (χ1) is 11.9. The van der Waals surface area contributed by atoms with Gasteiger partial charge in [-0.15, -0.1) is 0 Å². The minimum atomic E-state index is 0.536. The van der Waals surface area contributed by atoms with Crippen LogP contribution in [0.5, 0.6) is 11.5 Å². The molecule has 1 fully saturated rings. The number of hydrogen-bond acceptors (Lipinski definition) is 3. The van der Waals surface area contributed by atoms with E-state index in [1.165, 1.54) is 43.5 Å². The van der Waals surface area contributed by atoms with E-state index in [2.05, 4.69) is 29.2 Å². The number of nitrogens with zero attached hydrogens (tertiary/aromatic N) is 1. The van der Waals surface area contributed by atoms with Crippen LogP contribution in [0.25, 0.3) is 0 Å². The van der Waals surface area contributed by atoms with Crippen molar-refractivity contribution in [3.8, 4) is 11.5 Å². The van der Waals surface area contributed by atoms with Gasteiger partial charge in [0.15, 0.2) is 0 Å². The Bertz CT molecular complexity index is 665. The largest absolute Gasteiger partial charge is 0.492 e. The maximum atomic E-state index is 6.06. The van der Waals surface area contributed by atoms with Gasteiger partial charge < -0.3 is 9.47 Å². The lowest BCUT2D eigenvalue weighted by atomic mass is 9.99. The summed E-state index contributed by atoms with van der Waals surface area (Å²) in [4.78, 5) is 2.60.